The average molecular weight is 321 g/mol. The van der Waals surface area contributed by atoms with Crippen LogP contribution in [0.4, 0.5) is 4.39 Å². The van der Waals surface area contributed by atoms with Crippen LogP contribution >= 0.6 is 0 Å². The van der Waals surface area contributed by atoms with Gasteiger partial charge in [0.05, 0.1) is 24.1 Å². The molecule has 2 N–H and O–H groups in total. The number of amides is 1. The Kier molecular flexibility index (Phi) is 5.42. The van der Waals surface area contributed by atoms with E-state index in [4.69, 9.17) is 9.84 Å². The fraction of sp³-hybridized carbons (Fsp3) is 0.267. The molecule has 7 nitrogen and oxygen atoms in total. The molecule has 122 valence electrons. The van der Waals surface area contributed by atoms with Crippen LogP contribution < -0.4 is 5.32 Å². The molecule has 0 aliphatic heterocycles. The summed E-state index contributed by atoms with van der Waals surface area (Å²) in [6.45, 7) is 1.49. The average Bonchev–Trinajstić information content (AvgIpc) is 2.88. The summed E-state index contributed by atoms with van der Waals surface area (Å²) >= 11 is 0. The zero-order valence-electron chi connectivity index (χ0n) is 12.5. The van der Waals surface area contributed by atoms with Gasteiger partial charge in [-0.25, -0.2) is 13.9 Å². The molecule has 1 amide bonds. The number of ether oxygens (including phenoxy) is 1. The maximum Gasteiger partial charge on any atom is 0.329 e. The van der Waals surface area contributed by atoms with E-state index < -0.39 is 18.4 Å². The van der Waals surface area contributed by atoms with E-state index >= 15 is 0 Å². The molecule has 0 spiro atoms. The van der Waals surface area contributed by atoms with Gasteiger partial charge in [0.2, 0.25) is 0 Å². The Morgan fingerprint density at radius 2 is 2.13 bits per heavy atom. The van der Waals surface area contributed by atoms with Crippen LogP contribution in [0.2, 0.25) is 0 Å². The van der Waals surface area contributed by atoms with Gasteiger partial charge in [-0.15, -0.1) is 0 Å². The molecule has 1 aromatic carbocycles. The number of hydrogen-bond acceptors (Lipinski definition) is 4. The van der Waals surface area contributed by atoms with Crippen molar-refractivity contribution in [3.05, 3.63) is 47.5 Å². The fourth-order valence-corrected chi connectivity index (χ4v) is 1.99. The van der Waals surface area contributed by atoms with Crippen molar-refractivity contribution in [1.29, 1.82) is 0 Å². The van der Waals surface area contributed by atoms with Crippen LogP contribution in [-0.2, 0) is 9.53 Å². The van der Waals surface area contributed by atoms with E-state index in [1.807, 2.05) is 0 Å². The molecular weight excluding hydrogens is 305 g/mol. The van der Waals surface area contributed by atoms with Crippen molar-refractivity contribution < 1.29 is 23.8 Å². The van der Waals surface area contributed by atoms with Crippen LogP contribution in [0, 0.1) is 12.7 Å². The molecule has 2 aromatic rings. The first-order valence-corrected chi connectivity index (χ1v) is 6.88. The first-order chi connectivity index (χ1) is 11.0. The summed E-state index contributed by atoms with van der Waals surface area (Å²) < 4.78 is 20.0. The van der Waals surface area contributed by atoms with Gasteiger partial charge in [-0.3, -0.25) is 4.79 Å². The number of nitrogens with one attached hydrogen (secondary N) is 1. The van der Waals surface area contributed by atoms with E-state index in [1.54, 1.807) is 25.1 Å². The van der Waals surface area contributed by atoms with Crippen molar-refractivity contribution in [1.82, 2.24) is 15.1 Å². The van der Waals surface area contributed by atoms with Gasteiger partial charge >= 0.3 is 5.97 Å². The SMILES string of the molecule is Cc1c(C(=O)NCCOCC(=O)O)cnn1-c1ccccc1F. The predicted molar refractivity (Wildman–Crippen MR) is 79.0 cm³/mol. The summed E-state index contributed by atoms with van der Waals surface area (Å²) in [4.78, 5) is 22.3. The topological polar surface area (TPSA) is 93.4 Å². The number of aromatic nitrogens is 2. The third-order valence-corrected chi connectivity index (χ3v) is 3.09. The van der Waals surface area contributed by atoms with Crippen molar-refractivity contribution in [2.24, 2.45) is 0 Å². The molecule has 0 aliphatic rings. The van der Waals surface area contributed by atoms with Gasteiger partial charge < -0.3 is 15.2 Å². The minimum Gasteiger partial charge on any atom is -0.480 e. The van der Waals surface area contributed by atoms with Gasteiger partial charge in [0.1, 0.15) is 18.1 Å². The highest BCUT2D eigenvalue weighted by Gasteiger charge is 2.16. The molecule has 0 radical (unpaired) electrons. The Hall–Kier alpha value is -2.74. The Morgan fingerprint density at radius 1 is 1.39 bits per heavy atom. The quantitative estimate of drug-likeness (QED) is 0.746. The fourth-order valence-electron chi connectivity index (χ4n) is 1.99. The summed E-state index contributed by atoms with van der Waals surface area (Å²) in [5, 5.41) is 15.0. The molecule has 8 heteroatoms. The van der Waals surface area contributed by atoms with Crippen LogP contribution in [0.1, 0.15) is 16.1 Å². The molecular formula is C15H16FN3O4. The second-order valence-electron chi connectivity index (χ2n) is 4.71. The number of halogens is 1. The van der Waals surface area contributed by atoms with Gasteiger partial charge in [-0.1, -0.05) is 12.1 Å². The predicted octanol–water partition coefficient (Wildman–Crippen LogP) is 1.15. The number of para-hydroxylation sites is 1. The Morgan fingerprint density at radius 3 is 2.83 bits per heavy atom. The minimum atomic E-state index is -1.07. The molecule has 0 atom stereocenters. The molecule has 0 saturated heterocycles. The van der Waals surface area contributed by atoms with Crippen LogP contribution in [-0.4, -0.2) is 46.5 Å². The highest BCUT2D eigenvalue weighted by Crippen LogP contribution is 2.16. The normalized spacial score (nSPS) is 10.5. The molecule has 0 unspecified atom stereocenters. The maximum atomic E-state index is 13.8. The number of carbonyl (C=O) groups is 2. The Balaban J connectivity index is 2.00. The number of carboxylic acid groups (broad SMARTS) is 1. The van der Waals surface area contributed by atoms with Gasteiger partial charge in [0.25, 0.3) is 5.91 Å². The number of nitrogens with zero attached hydrogens (tertiary/aromatic N) is 2. The molecule has 1 aromatic heterocycles. The van der Waals surface area contributed by atoms with Crippen LogP contribution in [0.25, 0.3) is 5.69 Å². The third kappa shape index (κ3) is 4.13. The van der Waals surface area contributed by atoms with Gasteiger partial charge in [0.15, 0.2) is 0 Å². The summed E-state index contributed by atoms with van der Waals surface area (Å²) in [6, 6.07) is 6.13. The first kappa shape index (κ1) is 16.6. The lowest BCUT2D eigenvalue weighted by Crippen LogP contribution is -2.28. The summed E-state index contributed by atoms with van der Waals surface area (Å²) in [5.74, 6) is -1.89. The molecule has 2 rings (SSSR count). The summed E-state index contributed by atoms with van der Waals surface area (Å²) in [5.41, 5.74) is 1.07. The van der Waals surface area contributed by atoms with Crippen LogP contribution in [0.5, 0.6) is 0 Å². The van der Waals surface area contributed by atoms with Crippen molar-refractivity contribution in [3.63, 3.8) is 0 Å². The molecule has 1 heterocycles. The number of hydrogen-bond donors (Lipinski definition) is 2. The van der Waals surface area contributed by atoms with E-state index in [2.05, 4.69) is 10.4 Å². The zero-order valence-corrected chi connectivity index (χ0v) is 12.5. The number of benzene rings is 1. The molecule has 0 aliphatic carbocycles. The second kappa shape index (κ2) is 7.50. The lowest BCUT2D eigenvalue weighted by molar-refractivity contribution is -0.142. The number of aliphatic carboxylic acids is 1. The summed E-state index contributed by atoms with van der Waals surface area (Å²) in [7, 11) is 0. The zero-order chi connectivity index (χ0) is 16.8. The van der Waals surface area contributed by atoms with E-state index in [-0.39, 0.29) is 24.7 Å². The first-order valence-electron chi connectivity index (χ1n) is 6.88. The van der Waals surface area contributed by atoms with E-state index in [9.17, 15) is 14.0 Å². The lowest BCUT2D eigenvalue weighted by Gasteiger charge is -2.07. The summed E-state index contributed by atoms with van der Waals surface area (Å²) in [6.07, 6.45) is 1.36. The molecule has 0 bridgehead atoms. The Bertz CT molecular complexity index is 714. The standard InChI is InChI=1S/C15H16FN3O4/c1-10-11(15(22)17-6-7-23-9-14(20)21)8-18-19(10)13-5-3-2-4-12(13)16/h2-5,8H,6-7,9H2,1H3,(H,17,22)(H,20,21). The van der Waals surface area contributed by atoms with Crippen molar-refractivity contribution >= 4 is 11.9 Å². The number of rotatable bonds is 7. The van der Waals surface area contributed by atoms with Crippen molar-refractivity contribution in [2.75, 3.05) is 19.8 Å². The molecule has 0 saturated carbocycles. The highest BCUT2D eigenvalue weighted by molar-refractivity contribution is 5.95. The van der Waals surface area contributed by atoms with Crippen molar-refractivity contribution in [3.8, 4) is 5.69 Å². The largest absolute Gasteiger partial charge is 0.480 e. The third-order valence-electron chi connectivity index (χ3n) is 3.09. The Labute approximate surface area is 131 Å². The lowest BCUT2D eigenvalue weighted by atomic mass is 10.2. The molecule has 23 heavy (non-hydrogen) atoms. The highest BCUT2D eigenvalue weighted by atomic mass is 19.1. The van der Waals surface area contributed by atoms with Gasteiger partial charge in [0, 0.05) is 6.54 Å². The number of carbonyl (C=O) groups excluding carboxylic acids is 1. The van der Waals surface area contributed by atoms with Crippen molar-refractivity contribution in [2.45, 2.75) is 6.92 Å². The monoisotopic (exact) mass is 321 g/mol. The smallest absolute Gasteiger partial charge is 0.329 e. The van der Waals surface area contributed by atoms with E-state index in [1.165, 1.54) is 16.9 Å². The van der Waals surface area contributed by atoms with Crippen LogP contribution in [0.3, 0.4) is 0 Å². The minimum absolute atomic E-state index is 0.0819. The molecule has 0 fully saturated rings. The van der Waals surface area contributed by atoms with E-state index in [0.29, 0.717) is 11.3 Å². The van der Waals surface area contributed by atoms with Crippen LogP contribution in [0.15, 0.2) is 30.5 Å². The van der Waals surface area contributed by atoms with Gasteiger partial charge in [-0.05, 0) is 19.1 Å². The number of carboxylic acids is 1. The maximum absolute atomic E-state index is 13.8. The second-order valence-corrected chi connectivity index (χ2v) is 4.71. The van der Waals surface area contributed by atoms with E-state index in [0.717, 1.165) is 0 Å². The van der Waals surface area contributed by atoms with Gasteiger partial charge in [-0.2, -0.15) is 5.10 Å².